The number of rotatable bonds is 4. The van der Waals surface area contributed by atoms with Crippen molar-refractivity contribution in [3.63, 3.8) is 0 Å². The zero-order valence-corrected chi connectivity index (χ0v) is 11.7. The maximum absolute atomic E-state index is 5.83. The second-order valence-electron chi connectivity index (χ2n) is 4.28. The molecular weight excluding hydrogens is 286 g/mol. The van der Waals surface area contributed by atoms with Gasteiger partial charge in [-0.3, -0.25) is 0 Å². The number of aromatic nitrogens is 3. The minimum atomic E-state index is 0.364. The molecule has 3 rings (SSSR count). The number of anilines is 2. The van der Waals surface area contributed by atoms with E-state index in [1.54, 1.807) is 6.21 Å². The van der Waals surface area contributed by atoms with Crippen molar-refractivity contribution in [1.82, 2.24) is 15.2 Å². The smallest absolute Gasteiger partial charge is 0.269 e. The fourth-order valence-corrected chi connectivity index (χ4v) is 1.83. The highest BCUT2D eigenvalue weighted by atomic mass is 35.5. The van der Waals surface area contributed by atoms with E-state index < -0.39 is 0 Å². The van der Waals surface area contributed by atoms with Gasteiger partial charge in [-0.15, -0.1) is 5.10 Å². The average Bonchev–Trinajstić information content (AvgIpc) is 2.95. The summed E-state index contributed by atoms with van der Waals surface area (Å²) in [5, 5.41) is 10.6. The Kier molecular flexibility index (Phi) is 3.93. The lowest BCUT2D eigenvalue weighted by Gasteiger charge is -1.99. The number of hydrogen-bond acceptors (Lipinski definition) is 4. The first kappa shape index (κ1) is 13.3. The molecule has 3 aromatic rings. The average molecular weight is 298 g/mol. The van der Waals surface area contributed by atoms with E-state index in [1.807, 2.05) is 54.6 Å². The predicted molar refractivity (Wildman–Crippen MR) is 84.8 cm³/mol. The highest BCUT2D eigenvalue weighted by molar-refractivity contribution is 6.30. The molecule has 0 fully saturated rings. The first-order valence-electron chi connectivity index (χ1n) is 6.34. The molecular formula is C15H12ClN5. The van der Waals surface area contributed by atoms with Crippen molar-refractivity contribution in [1.29, 1.82) is 0 Å². The van der Waals surface area contributed by atoms with Crippen LogP contribution < -0.4 is 5.32 Å². The monoisotopic (exact) mass is 297 g/mol. The normalized spacial score (nSPS) is 10.9. The van der Waals surface area contributed by atoms with Crippen molar-refractivity contribution in [2.45, 2.75) is 0 Å². The molecule has 2 aromatic carbocycles. The quantitative estimate of drug-likeness (QED) is 0.717. The van der Waals surface area contributed by atoms with Crippen LogP contribution in [0.15, 0.2) is 59.6 Å². The number of aromatic amines is 1. The van der Waals surface area contributed by atoms with E-state index in [-0.39, 0.29) is 0 Å². The summed E-state index contributed by atoms with van der Waals surface area (Å²) in [5.41, 5.74) is 1.86. The summed E-state index contributed by atoms with van der Waals surface area (Å²) in [6.07, 6.45) is 1.69. The van der Waals surface area contributed by atoms with E-state index in [0.717, 1.165) is 11.3 Å². The molecule has 0 aliphatic heterocycles. The van der Waals surface area contributed by atoms with Gasteiger partial charge in [0.15, 0.2) is 0 Å². The SMILES string of the molecule is Clc1ccc(/C=N/c2n[nH]c(Nc3ccccc3)n2)cc1. The van der Waals surface area contributed by atoms with Gasteiger partial charge in [-0.05, 0) is 29.8 Å². The second-order valence-corrected chi connectivity index (χ2v) is 4.72. The number of para-hydroxylation sites is 1. The zero-order valence-electron chi connectivity index (χ0n) is 11.0. The molecule has 5 nitrogen and oxygen atoms in total. The summed E-state index contributed by atoms with van der Waals surface area (Å²) in [6.45, 7) is 0. The molecule has 1 aromatic heterocycles. The second kappa shape index (κ2) is 6.19. The molecule has 104 valence electrons. The molecule has 0 atom stereocenters. The van der Waals surface area contributed by atoms with Gasteiger partial charge in [0.2, 0.25) is 5.95 Å². The zero-order chi connectivity index (χ0) is 14.5. The molecule has 0 bridgehead atoms. The molecule has 1 heterocycles. The number of benzene rings is 2. The van der Waals surface area contributed by atoms with Gasteiger partial charge in [-0.25, -0.2) is 10.1 Å². The lowest BCUT2D eigenvalue weighted by Crippen LogP contribution is -1.91. The van der Waals surface area contributed by atoms with Crippen LogP contribution in [0.2, 0.25) is 5.02 Å². The van der Waals surface area contributed by atoms with Gasteiger partial charge in [-0.1, -0.05) is 41.9 Å². The van der Waals surface area contributed by atoms with Crippen molar-refractivity contribution < 1.29 is 0 Å². The fraction of sp³-hybridized carbons (Fsp3) is 0. The van der Waals surface area contributed by atoms with E-state index in [1.165, 1.54) is 0 Å². The van der Waals surface area contributed by atoms with Crippen LogP contribution in [0.25, 0.3) is 0 Å². The Labute approximate surface area is 126 Å². The Bertz CT molecular complexity index is 734. The minimum absolute atomic E-state index is 0.364. The largest absolute Gasteiger partial charge is 0.325 e. The Morgan fingerprint density at radius 2 is 1.81 bits per heavy atom. The predicted octanol–water partition coefficient (Wildman–Crippen LogP) is 3.95. The molecule has 0 radical (unpaired) electrons. The third kappa shape index (κ3) is 3.67. The number of nitrogens with one attached hydrogen (secondary N) is 2. The minimum Gasteiger partial charge on any atom is -0.325 e. The molecule has 2 N–H and O–H groups in total. The van der Waals surface area contributed by atoms with Crippen molar-refractivity contribution in [3.8, 4) is 0 Å². The number of aliphatic imine (C=N–C) groups is 1. The molecule has 0 unspecified atom stereocenters. The first-order valence-corrected chi connectivity index (χ1v) is 6.71. The number of H-pyrrole nitrogens is 1. The van der Waals surface area contributed by atoms with E-state index >= 15 is 0 Å². The highest BCUT2D eigenvalue weighted by Gasteiger charge is 2.01. The van der Waals surface area contributed by atoms with Gasteiger partial charge in [-0.2, -0.15) is 4.98 Å². The number of hydrogen-bond donors (Lipinski definition) is 2. The Morgan fingerprint density at radius 3 is 2.57 bits per heavy atom. The number of nitrogens with zero attached hydrogens (tertiary/aromatic N) is 3. The van der Waals surface area contributed by atoms with Crippen molar-refractivity contribution in [2.24, 2.45) is 4.99 Å². The van der Waals surface area contributed by atoms with E-state index in [0.29, 0.717) is 16.9 Å². The summed E-state index contributed by atoms with van der Waals surface area (Å²) in [6, 6.07) is 17.1. The summed E-state index contributed by atoms with van der Waals surface area (Å²) < 4.78 is 0. The van der Waals surface area contributed by atoms with Crippen LogP contribution in [-0.4, -0.2) is 21.4 Å². The molecule has 0 aliphatic carbocycles. The van der Waals surface area contributed by atoms with Gasteiger partial charge in [0.25, 0.3) is 5.95 Å². The van der Waals surface area contributed by atoms with Gasteiger partial charge in [0.1, 0.15) is 0 Å². The molecule has 6 heteroatoms. The summed E-state index contributed by atoms with van der Waals surface area (Å²) in [5.74, 6) is 0.910. The van der Waals surface area contributed by atoms with Crippen molar-refractivity contribution >= 4 is 35.4 Å². The first-order chi connectivity index (χ1) is 10.3. The lowest BCUT2D eigenvalue weighted by molar-refractivity contribution is 1.09. The maximum Gasteiger partial charge on any atom is 0.269 e. The third-order valence-electron chi connectivity index (χ3n) is 2.71. The molecule has 0 amide bonds. The summed E-state index contributed by atoms with van der Waals surface area (Å²) in [7, 11) is 0. The van der Waals surface area contributed by atoms with Gasteiger partial charge in [0.05, 0.1) is 0 Å². The molecule has 0 saturated carbocycles. The third-order valence-corrected chi connectivity index (χ3v) is 2.96. The van der Waals surface area contributed by atoms with Crippen LogP contribution in [0, 0.1) is 0 Å². The topological polar surface area (TPSA) is 66.0 Å². The standard InChI is InChI=1S/C15H12ClN5/c16-12-8-6-11(7-9-12)10-17-14-19-15(21-20-14)18-13-4-2-1-3-5-13/h1-10H,(H2,18,19,20,21)/b17-10+. The van der Waals surface area contributed by atoms with Crippen LogP contribution >= 0.6 is 11.6 Å². The van der Waals surface area contributed by atoms with Gasteiger partial charge < -0.3 is 5.32 Å². The molecule has 0 saturated heterocycles. The lowest BCUT2D eigenvalue weighted by atomic mass is 10.2. The van der Waals surface area contributed by atoms with E-state index in [2.05, 4.69) is 25.5 Å². The van der Waals surface area contributed by atoms with Crippen LogP contribution in [0.5, 0.6) is 0 Å². The summed E-state index contributed by atoms with van der Waals surface area (Å²) >= 11 is 5.83. The van der Waals surface area contributed by atoms with Crippen molar-refractivity contribution in [2.75, 3.05) is 5.32 Å². The van der Waals surface area contributed by atoms with Gasteiger partial charge >= 0.3 is 0 Å². The van der Waals surface area contributed by atoms with Crippen LogP contribution in [0.1, 0.15) is 5.56 Å². The Morgan fingerprint density at radius 1 is 1.05 bits per heavy atom. The molecule has 21 heavy (non-hydrogen) atoms. The molecule has 0 spiro atoms. The van der Waals surface area contributed by atoms with Crippen molar-refractivity contribution in [3.05, 3.63) is 65.2 Å². The van der Waals surface area contributed by atoms with Crippen LogP contribution in [0.3, 0.4) is 0 Å². The maximum atomic E-state index is 5.83. The number of halogens is 1. The summed E-state index contributed by atoms with van der Waals surface area (Å²) in [4.78, 5) is 8.44. The van der Waals surface area contributed by atoms with Gasteiger partial charge in [0, 0.05) is 16.9 Å². The highest BCUT2D eigenvalue weighted by Crippen LogP contribution is 2.14. The fourth-order valence-electron chi connectivity index (χ4n) is 1.71. The Balaban J connectivity index is 1.69. The van der Waals surface area contributed by atoms with Crippen LogP contribution in [-0.2, 0) is 0 Å². The Hall–Kier alpha value is -2.66. The molecule has 0 aliphatic rings. The van der Waals surface area contributed by atoms with E-state index in [9.17, 15) is 0 Å². The van der Waals surface area contributed by atoms with Crippen LogP contribution in [0.4, 0.5) is 17.6 Å². The van der Waals surface area contributed by atoms with E-state index in [4.69, 9.17) is 11.6 Å².